The van der Waals surface area contributed by atoms with E-state index in [2.05, 4.69) is 10.4 Å². The lowest BCUT2D eigenvalue weighted by atomic mass is 10.3. The van der Waals surface area contributed by atoms with E-state index in [9.17, 15) is 13.2 Å². The normalized spacial score (nSPS) is 11.2. The van der Waals surface area contributed by atoms with Crippen LogP contribution in [0.15, 0.2) is 42.7 Å². The number of rotatable bonds is 5. The van der Waals surface area contributed by atoms with E-state index in [0.29, 0.717) is 5.69 Å². The van der Waals surface area contributed by atoms with Gasteiger partial charge in [-0.05, 0) is 24.3 Å². The zero-order valence-electron chi connectivity index (χ0n) is 11.0. The Labute approximate surface area is 117 Å². The van der Waals surface area contributed by atoms with Gasteiger partial charge in [0.25, 0.3) is 0 Å². The van der Waals surface area contributed by atoms with Crippen molar-refractivity contribution >= 4 is 21.4 Å². The van der Waals surface area contributed by atoms with Crippen LogP contribution in [0.1, 0.15) is 6.92 Å². The van der Waals surface area contributed by atoms with Gasteiger partial charge in [0.05, 0.1) is 5.69 Å². The lowest BCUT2D eigenvalue weighted by Gasteiger charge is -2.07. The largest absolute Gasteiger partial charge is 0.325 e. The van der Waals surface area contributed by atoms with Gasteiger partial charge in [-0.25, -0.2) is 13.1 Å². The fourth-order valence-corrected chi connectivity index (χ4v) is 2.32. The standard InChI is InChI=1S/C13H15N3O3S/c1-2-20(18,19)10-13(17)15-11-5-3-6-12(9-11)16-8-4-7-14-16/h3-9H,2,10H2,1H3,(H,15,17). The second-order valence-corrected chi connectivity index (χ2v) is 6.58. The number of amides is 1. The first kappa shape index (κ1) is 14.3. The predicted octanol–water partition coefficient (Wildman–Crippen LogP) is 1.25. The number of sulfone groups is 1. The van der Waals surface area contributed by atoms with Crippen LogP contribution < -0.4 is 5.32 Å². The highest BCUT2D eigenvalue weighted by molar-refractivity contribution is 7.92. The summed E-state index contributed by atoms with van der Waals surface area (Å²) in [4.78, 5) is 11.7. The molecule has 0 spiro atoms. The highest BCUT2D eigenvalue weighted by Gasteiger charge is 2.14. The summed E-state index contributed by atoms with van der Waals surface area (Å²) in [5, 5.41) is 6.66. The highest BCUT2D eigenvalue weighted by Crippen LogP contribution is 2.13. The quantitative estimate of drug-likeness (QED) is 0.899. The van der Waals surface area contributed by atoms with Gasteiger partial charge in [0.2, 0.25) is 5.91 Å². The van der Waals surface area contributed by atoms with E-state index in [4.69, 9.17) is 0 Å². The summed E-state index contributed by atoms with van der Waals surface area (Å²) in [5.74, 6) is -1.09. The molecule has 0 aliphatic heterocycles. The molecule has 0 saturated carbocycles. The number of aromatic nitrogens is 2. The first-order valence-corrected chi connectivity index (χ1v) is 7.92. The minimum Gasteiger partial charge on any atom is -0.325 e. The van der Waals surface area contributed by atoms with Crippen molar-refractivity contribution in [2.24, 2.45) is 0 Å². The van der Waals surface area contributed by atoms with Crippen molar-refractivity contribution in [3.8, 4) is 5.69 Å². The average molecular weight is 293 g/mol. The summed E-state index contributed by atoms with van der Waals surface area (Å²) >= 11 is 0. The van der Waals surface area contributed by atoms with Crippen molar-refractivity contribution in [1.29, 1.82) is 0 Å². The number of hydrogen-bond acceptors (Lipinski definition) is 4. The fraction of sp³-hybridized carbons (Fsp3) is 0.231. The number of anilines is 1. The van der Waals surface area contributed by atoms with E-state index in [1.54, 1.807) is 41.3 Å². The minimum absolute atomic E-state index is 0.0479. The predicted molar refractivity (Wildman–Crippen MR) is 76.5 cm³/mol. The molecule has 7 heteroatoms. The van der Waals surface area contributed by atoms with E-state index < -0.39 is 21.5 Å². The van der Waals surface area contributed by atoms with Crippen molar-refractivity contribution in [2.45, 2.75) is 6.92 Å². The van der Waals surface area contributed by atoms with Crippen molar-refractivity contribution in [2.75, 3.05) is 16.8 Å². The van der Waals surface area contributed by atoms with E-state index >= 15 is 0 Å². The highest BCUT2D eigenvalue weighted by atomic mass is 32.2. The minimum atomic E-state index is -3.32. The third-order valence-electron chi connectivity index (χ3n) is 2.69. The Hall–Kier alpha value is -2.15. The van der Waals surface area contributed by atoms with Crippen LogP contribution in [0.5, 0.6) is 0 Å². The molecule has 106 valence electrons. The van der Waals surface area contributed by atoms with E-state index in [0.717, 1.165) is 5.69 Å². The first-order chi connectivity index (χ1) is 9.50. The number of nitrogens with zero attached hydrogens (tertiary/aromatic N) is 2. The van der Waals surface area contributed by atoms with Crippen molar-refractivity contribution in [3.05, 3.63) is 42.7 Å². The molecule has 20 heavy (non-hydrogen) atoms. The Bertz CT molecular complexity index is 693. The third-order valence-corrected chi connectivity index (χ3v) is 4.27. The summed E-state index contributed by atoms with van der Waals surface area (Å²) in [6.45, 7) is 1.51. The van der Waals surface area contributed by atoms with Gasteiger partial charge < -0.3 is 5.32 Å². The molecule has 0 aliphatic carbocycles. The molecular formula is C13H15N3O3S. The zero-order chi connectivity index (χ0) is 14.6. The van der Waals surface area contributed by atoms with E-state index in [1.165, 1.54) is 6.92 Å². The second kappa shape index (κ2) is 5.87. The molecule has 1 amide bonds. The Balaban J connectivity index is 2.11. The molecule has 0 atom stereocenters. The van der Waals surface area contributed by atoms with E-state index in [-0.39, 0.29) is 5.75 Å². The van der Waals surface area contributed by atoms with Gasteiger partial charge >= 0.3 is 0 Å². The maximum absolute atomic E-state index is 11.7. The molecule has 0 aliphatic rings. The smallest absolute Gasteiger partial charge is 0.239 e. The molecule has 0 saturated heterocycles. The number of hydrogen-bond donors (Lipinski definition) is 1. The molecule has 0 unspecified atom stereocenters. The molecule has 0 bridgehead atoms. The lowest BCUT2D eigenvalue weighted by Crippen LogP contribution is -2.23. The molecule has 2 aromatic rings. The van der Waals surface area contributed by atoms with E-state index in [1.807, 2.05) is 6.07 Å². The molecule has 1 aromatic heterocycles. The van der Waals surface area contributed by atoms with Gasteiger partial charge in [0.1, 0.15) is 5.75 Å². The summed E-state index contributed by atoms with van der Waals surface area (Å²) in [6, 6.07) is 8.82. The molecule has 0 radical (unpaired) electrons. The second-order valence-electron chi connectivity index (χ2n) is 4.23. The topological polar surface area (TPSA) is 81.1 Å². The van der Waals surface area contributed by atoms with Gasteiger partial charge in [0.15, 0.2) is 9.84 Å². The first-order valence-electron chi connectivity index (χ1n) is 6.10. The van der Waals surface area contributed by atoms with Gasteiger partial charge in [0, 0.05) is 23.8 Å². The maximum atomic E-state index is 11.7. The lowest BCUT2D eigenvalue weighted by molar-refractivity contribution is -0.113. The Morgan fingerprint density at radius 2 is 2.15 bits per heavy atom. The van der Waals surface area contributed by atoms with Crippen LogP contribution in [-0.4, -0.2) is 35.6 Å². The van der Waals surface area contributed by atoms with Crippen LogP contribution in [-0.2, 0) is 14.6 Å². The van der Waals surface area contributed by atoms with Gasteiger partial charge in [-0.15, -0.1) is 0 Å². The van der Waals surface area contributed by atoms with Crippen LogP contribution in [0, 0.1) is 0 Å². The summed E-state index contributed by atoms with van der Waals surface area (Å²) < 4.78 is 24.4. The molecular weight excluding hydrogens is 278 g/mol. The molecule has 1 aromatic carbocycles. The molecule has 1 N–H and O–H groups in total. The summed E-state index contributed by atoms with van der Waals surface area (Å²) in [7, 11) is -3.32. The van der Waals surface area contributed by atoms with Crippen LogP contribution in [0.4, 0.5) is 5.69 Å². The molecule has 2 rings (SSSR count). The number of benzene rings is 1. The molecule has 6 nitrogen and oxygen atoms in total. The molecule has 1 heterocycles. The number of carbonyl (C=O) groups excluding carboxylic acids is 1. The zero-order valence-corrected chi connectivity index (χ0v) is 11.8. The van der Waals surface area contributed by atoms with Crippen LogP contribution in [0.25, 0.3) is 5.69 Å². The SMILES string of the molecule is CCS(=O)(=O)CC(=O)Nc1cccc(-n2cccn2)c1. The van der Waals surface area contributed by atoms with Crippen molar-refractivity contribution in [1.82, 2.24) is 9.78 Å². The Kier molecular flexibility index (Phi) is 4.19. The van der Waals surface area contributed by atoms with Crippen molar-refractivity contribution < 1.29 is 13.2 Å². The number of nitrogens with one attached hydrogen (secondary N) is 1. The molecule has 0 fully saturated rings. The Morgan fingerprint density at radius 1 is 1.35 bits per heavy atom. The summed E-state index contributed by atoms with van der Waals surface area (Å²) in [6.07, 6.45) is 3.43. The number of carbonyl (C=O) groups is 1. The van der Waals surface area contributed by atoms with Crippen LogP contribution in [0.3, 0.4) is 0 Å². The average Bonchev–Trinajstić information content (AvgIpc) is 2.92. The van der Waals surface area contributed by atoms with Gasteiger partial charge in [-0.2, -0.15) is 5.10 Å². The third kappa shape index (κ3) is 3.67. The maximum Gasteiger partial charge on any atom is 0.239 e. The van der Waals surface area contributed by atoms with Gasteiger partial charge in [-0.1, -0.05) is 13.0 Å². The van der Waals surface area contributed by atoms with Gasteiger partial charge in [-0.3, -0.25) is 4.79 Å². The monoisotopic (exact) mass is 293 g/mol. The van der Waals surface area contributed by atoms with Crippen LogP contribution in [0.2, 0.25) is 0 Å². The summed E-state index contributed by atoms with van der Waals surface area (Å²) in [5.41, 5.74) is 1.32. The van der Waals surface area contributed by atoms with Crippen LogP contribution >= 0.6 is 0 Å². The fourth-order valence-electron chi connectivity index (χ4n) is 1.65. The van der Waals surface area contributed by atoms with Crippen molar-refractivity contribution in [3.63, 3.8) is 0 Å². The Morgan fingerprint density at radius 3 is 2.80 bits per heavy atom.